The van der Waals surface area contributed by atoms with Gasteiger partial charge in [0.2, 0.25) is 0 Å². The molecule has 1 aromatic carbocycles. The van der Waals surface area contributed by atoms with Crippen molar-refractivity contribution < 1.29 is 22.0 Å². The third kappa shape index (κ3) is 3.87. The topological polar surface area (TPSA) is 24.4 Å². The van der Waals surface area contributed by atoms with Crippen LogP contribution < -0.4 is 5.43 Å². The first-order valence-electron chi connectivity index (χ1n) is 4.55. The highest BCUT2D eigenvalue weighted by Crippen LogP contribution is 2.39. The lowest BCUT2D eigenvalue weighted by Gasteiger charge is -2.18. The van der Waals surface area contributed by atoms with Crippen molar-refractivity contribution in [3.05, 3.63) is 27.2 Å². The van der Waals surface area contributed by atoms with Gasteiger partial charge in [0.05, 0.1) is 15.7 Å². The molecule has 0 saturated carbocycles. The van der Waals surface area contributed by atoms with Crippen LogP contribution in [0.3, 0.4) is 0 Å². The molecule has 112 valence electrons. The molecule has 2 nitrogen and oxygen atoms in total. The van der Waals surface area contributed by atoms with Gasteiger partial charge in [-0.15, -0.1) is 0 Å². The number of alkyl halides is 5. The summed E-state index contributed by atoms with van der Waals surface area (Å²) in [6, 6.07) is 2.42. The maximum absolute atomic E-state index is 12.9. The Morgan fingerprint density at radius 1 is 1.05 bits per heavy atom. The van der Waals surface area contributed by atoms with Gasteiger partial charge in [-0.3, -0.25) is 5.43 Å². The third-order valence-electron chi connectivity index (χ3n) is 1.89. The zero-order valence-electron chi connectivity index (χ0n) is 9.00. The highest BCUT2D eigenvalue weighted by molar-refractivity contribution is 9.18. The van der Waals surface area contributed by atoms with Crippen LogP contribution >= 0.6 is 50.7 Å². The molecular weight excluding hydrogens is 417 g/mol. The quantitative estimate of drug-likeness (QED) is 0.364. The number of hydrogen-bond donors (Lipinski definition) is 1. The second kappa shape index (κ2) is 6.21. The third-order valence-corrected chi connectivity index (χ3v) is 3.38. The molecule has 0 bridgehead atoms. The molecule has 0 spiro atoms. The smallest absolute Gasteiger partial charge is 0.274 e. The molecular formula is C9H3BrCl3F5N2. The summed E-state index contributed by atoms with van der Waals surface area (Å²) in [7, 11) is 0. The van der Waals surface area contributed by atoms with Gasteiger partial charge < -0.3 is 0 Å². The van der Waals surface area contributed by atoms with Crippen molar-refractivity contribution in [1.82, 2.24) is 0 Å². The van der Waals surface area contributed by atoms with Crippen LogP contribution in [0, 0.1) is 0 Å². The molecule has 0 radical (unpaired) electrons. The summed E-state index contributed by atoms with van der Waals surface area (Å²) in [5.74, 6) is -5.15. The van der Waals surface area contributed by atoms with E-state index in [1.54, 1.807) is 0 Å². The van der Waals surface area contributed by atoms with Crippen molar-refractivity contribution in [3.63, 3.8) is 0 Å². The second-order valence-corrected chi connectivity index (χ2v) is 5.33. The molecule has 1 aromatic rings. The minimum absolute atomic E-state index is 0.0955. The van der Waals surface area contributed by atoms with E-state index in [2.05, 4.69) is 21.0 Å². The lowest BCUT2D eigenvalue weighted by Crippen LogP contribution is -2.41. The van der Waals surface area contributed by atoms with Crippen molar-refractivity contribution in [2.75, 3.05) is 5.43 Å². The Balaban J connectivity index is 3.05. The molecule has 1 N–H and O–H groups in total. The van der Waals surface area contributed by atoms with Gasteiger partial charge in [-0.2, -0.15) is 27.1 Å². The van der Waals surface area contributed by atoms with E-state index in [0.29, 0.717) is 0 Å². The SMILES string of the molecule is FC(F)(F)C(F)(F)C(Br)=NNc1c(Cl)cc(Cl)cc1Cl. The molecule has 0 aliphatic rings. The monoisotopic (exact) mass is 418 g/mol. The Morgan fingerprint density at radius 2 is 1.50 bits per heavy atom. The maximum atomic E-state index is 12.9. The molecule has 0 aromatic heterocycles. The van der Waals surface area contributed by atoms with Crippen LogP contribution in [0.15, 0.2) is 17.2 Å². The summed E-state index contributed by atoms with van der Waals surface area (Å²) < 4.78 is 60.2. The van der Waals surface area contributed by atoms with Gasteiger partial charge in [-0.25, -0.2) is 0 Å². The first kappa shape index (κ1) is 17.7. The average molecular weight is 420 g/mol. The molecule has 11 heteroatoms. The summed E-state index contributed by atoms with van der Waals surface area (Å²) in [5, 5.41) is 2.86. The van der Waals surface area contributed by atoms with Crippen LogP contribution in [0.4, 0.5) is 27.6 Å². The highest BCUT2D eigenvalue weighted by Gasteiger charge is 2.61. The van der Waals surface area contributed by atoms with E-state index < -0.39 is 16.7 Å². The van der Waals surface area contributed by atoms with Gasteiger partial charge >= 0.3 is 12.1 Å². The Hall–Kier alpha value is -0.310. The van der Waals surface area contributed by atoms with Crippen LogP contribution in [0.1, 0.15) is 0 Å². The number of halogens is 9. The zero-order chi connectivity index (χ0) is 15.7. The molecule has 0 aliphatic heterocycles. The summed E-state index contributed by atoms with van der Waals surface area (Å²) in [6.45, 7) is 0. The largest absolute Gasteiger partial charge is 0.460 e. The maximum Gasteiger partial charge on any atom is 0.460 e. The van der Waals surface area contributed by atoms with Gasteiger partial charge in [-0.1, -0.05) is 34.8 Å². The van der Waals surface area contributed by atoms with E-state index in [1.807, 2.05) is 5.43 Å². The van der Waals surface area contributed by atoms with E-state index >= 15 is 0 Å². The van der Waals surface area contributed by atoms with Crippen LogP contribution in [0.5, 0.6) is 0 Å². The number of hydrogen-bond acceptors (Lipinski definition) is 2. The first-order chi connectivity index (χ1) is 8.96. The van der Waals surface area contributed by atoms with Crippen molar-refractivity contribution in [1.29, 1.82) is 0 Å². The van der Waals surface area contributed by atoms with Gasteiger partial charge in [0.15, 0.2) is 4.62 Å². The normalized spacial score (nSPS) is 13.6. The van der Waals surface area contributed by atoms with Crippen LogP contribution in [-0.4, -0.2) is 16.7 Å². The molecule has 20 heavy (non-hydrogen) atoms. The van der Waals surface area contributed by atoms with Crippen LogP contribution in [0.25, 0.3) is 0 Å². The number of nitrogens with one attached hydrogen (secondary N) is 1. The Morgan fingerprint density at radius 3 is 1.90 bits per heavy atom. The Kier molecular flexibility index (Phi) is 5.51. The summed E-state index contributed by atoms with van der Waals surface area (Å²) in [5.41, 5.74) is 1.77. The van der Waals surface area contributed by atoms with Crippen molar-refractivity contribution >= 4 is 61.0 Å². The summed E-state index contributed by atoms with van der Waals surface area (Å²) >= 11 is 19.1. The second-order valence-electron chi connectivity index (χ2n) is 3.33. The highest BCUT2D eigenvalue weighted by atomic mass is 79.9. The number of hydrazone groups is 1. The zero-order valence-corrected chi connectivity index (χ0v) is 12.9. The summed E-state index contributed by atoms with van der Waals surface area (Å²) in [6.07, 6.45) is -5.79. The van der Waals surface area contributed by atoms with Crippen LogP contribution in [0.2, 0.25) is 15.1 Å². The number of nitrogens with zero attached hydrogens (tertiary/aromatic N) is 1. The first-order valence-corrected chi connectivity index (χ1v) is 6.48. The predicted molar refractivity (Wildman–Crippen MR) is 72.5 cm³/mol. The lowest BCUT2D eigenvalue weighted by atomic mass is 10.3. The fraction of sp³-hybridized carbons (Fsp3) is 0.222. The number of anilines is 1. The Labute approximate surface area is 133 Å². The predicted octanol–water partition coefficient (Wildman–Crippen LogP) is 5.96. The summed E-state index contributed by atoms with van der Waals surface area (Å²) in [4.78, 5) is 0. The minimum Gasteiger partial charge on any atom is -0.274 e. The van der Waals surface area contributed by atoms with E-state index in [9.17, 15) is 22.0 Å². The molecule has 0 atom stereocenters. The number of rotatable bonds is 3. The van der Waals surface area contributed by atoms with Gasteiger partial charge in [-0.05, 0) is 28.1 Å². The molecule has 0 aliphatic carbocycles. The van der Waals surface area contributed by atoms with Crippen molar-refractivity contribution in [2.45, 2.75) is 12.1 Å². The molecule has 0 amide bonds. The van der Waals surface area contributed by atoms with Crippen molar-refractivity contribution in [2.24, 2.45) is 5.10 Å². The molecule has 0 fully saturated rings. The van der Waals surface area contributed by atoms with Gasteiger partial charge in [0, 0.05) is 5.02 Å². The van der Waals surface area contributed by atoms with Gasteiger partial charge in [0.25, 0.3) is 0 Å². The molecule has 0 saturated heterocycles. The average Bonchev–Trinajstić information content (AvgIpc) is 2.25. The number of benzene rings is 1. The molecule has 0 unspecified atom stereocenters. The van der Waals surface area contributed by atoms with E-state index in [4.69, 9.17) is 34.8 Å². The van der Waals surface area contributed by atoms with E-state index in [0.717, 1.165) is 0 Å². The molecule has 1 rings (SSSR count). The van der Waals surface area contributed by atoms with Gasteiger partial charge in [0.1, 0.15) is 0 Å². The minimum atomic E-state index is -5.79. The Bertz CT molecular complexity index is 524. The van der Waals surface area contributed by atoms with E-state index in [-0.39, 0.29) is 20.8 Å². The van der Waals surface area contributed by atoms with Crippen LogP contribution in [-0.2, 0) is 0 Å². The molecule has 0 heterocycles. The lowest BCUT2D eigenvalue weighted by molar-refractivity contribution is -0.247. The fourth-order valence-corrected chi connectivity index (χ4v) is 2.16. The fourth-order valence-electron chi connectivity index (χ4n) is 0.941. The standard InChI is InChI=1S/C9H3BrCl3F5N2/c10-7(8(14,15)9(16,17)18)20-19-6-4(12)1-3(11)2-5(6)13/h1-2,19H. The van der Waals surface area contributed by atoms with E-state index in [1.165, 1.54) is 12.1 Å². The van der Waals surface area contributed by atoms with Crippen molar-refractivity contribution in [3.8, 4) is 0 Å².